The number of hydrogen-bond acceptors (Lipinski definition) is 1. The third-order valence-corrected chi connectivity index (χ3v) is 3.51. The maximum atomic E-state index is 7.72. The van der Waals surface area contributed by atoms with Crippen molar-refractivity contribution in [3.05, 3.63) is 71.8 Å². The lowest BCUT2D eigenvalue weighted by Gasteiger charge is -2.42. The highest BCUT2D eigenvalue weighted by Gasteiger charge is 2.31. The molecule has 2 heteroatoms. The molecule has 1 saturated heterocycles. The summed E-state index contributed by atoms with van der Waals surface area (Å²) < 4.78 is 0. The fraction of sp³-hybridized carbons (Fsp3) is 0.250. The van der Waals surface area contributed by atoms with E-state index in [1.54, 1.807) is 0 Å². The van der Waals surface area contributed by atoms with Crippen molar-refractivity contribution in [2.45, 2.75) is 12.1 Å². The number of nitrogens with one attached hydrogen (secondary N) is 1. The average Bonchev–Trinajstić information content (AvgIpc) is 2.40. The number of likely N-dealkylation sites (tertiary alicyclic amines) is 1. The van der Waals surface area contributed by atoms with Crippen molar-refractivity contribution in [3.63, 3.8) is 0 Å². The second-order valence-electron chi connectivity index (χ2n) is 4.87. The van der Waals surface area contributed by atoms with Crippen molar-refractivity contribution >= 4 is 0 Å². The van der Waals surface area contributed by atoms with Gasteiger partial charge in [-0.3, -0.25) is 10.6 Å². The van der Waals surface area contributed by atoms with E-state index in [2.05, 4.69) is 65.6 Å². The summed E-state index contributed by atoms with van der Waals surface area (Å²) in [4.78, 5) is 2.38. The van der Waals surface area contributed by atoms with Crippen LogP contribution in [0.4, 0.5) is 0 Å². The van der Waals surface area contributed by atoms with E-state index in [1.807, 2.05) is 0 Å². The van der Waals surface area contributed by atoms with Gasteiger partial charge in [-0.1, -0.05) is 60.7 Å². The number of benzene rings is 2. The Morgan fingerprint density at radius 3 is 1.67 bits per heavy atom. The summed E-state index contributed by atoms with van der Waals surface area (Å²) >= 11 is 0. The molecule has 0 aromatic heterocycles. The van der Waals surface area contributed by atoms with Crippen LogP contribution in [0.15, 0.2) is 60.7 Å². The van der Waals surface area contributed by atoms with Crippen LogP contribution in [0.25, 0.3) is 0 Å². The first-order chi connectivity index (χ1) is 8.84. The van der Waals surface area contributed by atoms with Crippen LogP contribution in [0.5, 0.6) is 0 Å². The van der Waals surface area contributed by atoms with Crippen molar-refractivity contribution in [2.75, 3.05) is 13.1 Å². The molecule has 3 rings (SSSR count). The van der Waals surface area contributed by atoms with E-state index in [0.717, 1.165) is 13.1 Å². The van der Waals surface area contributed by atoms with Crippen LogP contribution in [0.3, 0.4) is 0 Å². The minimum absolute atomic E-state index is 0.0833. The minimum atomic E-state index is 0.0833. The van der Waals surface area contributed by atoms with E-state index in [1.165, 1.54) is 11.1 Å². The van der Waals surface area contributed by atoms with Gasteiger partial charge in [-0.25, -0.2) is 0 Å². The first-order valence-electron chi connectivity index (χ1n) is 6.39. The third kappa shape index (κ3) is 2.17. The second kappa shape index (κ2) is 4.92. The second-order valence-corrected chi connectivity index (χ2v) is 4.87. The van der Waals surface area contributed by atoms with Gasteiger partial charge in [0, 0.05) is 19.1 Å². The average molecular weight is 237 g/mol. The van der Waals surface area contributed by atoms with Gasteiger partial charge < -0.3 is 0 Å². The molecule has 2 aromatic carbocycles. The lowest BCUT2D eigenvalue weighted by Crippen LogP contribution is -2.53. The van der Waals surface area contributed by atoms with Crippen molar-refractivity contribution in [3.8, 4) is 0 Å². The molecule has 18 heavy (non-hydrogen) atoms. The summed E-state index contributed by atoms with van der Waals surface area (Å²) in [6.07, 6.45) is 0. The number of hydrogen-bond donors (Lipinski definition) is 0. The normalized spacial score (nSPS) is 16.8. The molecule has 0 atom stereocenters. The Kier molecular flexibility index (Phi) is 3.13. The molecule has 0 spiro atoms. The maximum absolute atomic E-state index is 7.72. The predicted molar refractivity (Wildman–Crippen MR) is 73.2 cm³/mol. The molecule has 1 heterocycles. The fourth-order valence-corrected chi connectivity index (χ4v) is 2.61. The van der Waals surface area contributed by atoms with Gasteiger partial charge >= 0.3 is 0 Å². The quantitative estimate of drug-likeness (QED) is 0.806. The van der Waals surface area contributed by atoms with Crippen molar-refractivity contribution in [2.24, 2.45) is 0 Å². The lowest BCUT2D eigenvalue weighted by atomic mass is 9.93. The molecule has 0 amide bonds. The molecule has 0 unspecified atom stereocenters. The molecule has 0 aliphatic carbocycles. The molecule has 2 aromatic rings. The molecular weight excluding hydrogens is 220 g/mol. The van der Waals surface area contributed by atoms with Gasteiger partial charge in [-0.2, -0.15) is 0 Å². The highest BCUT2D eigenvalue weighted by molar-refractivity contribution is 5.32. The standard InChI is InChI=1S/C16H17N2/c17-15-11-18(12-15)16(13-7-3-1-4-8-13)14-9-5-2-6-10-14/h1-10,15-17H,11-12H2. The predicted octanol–water partition coefficient (Wildman–Crippen LogP) is 2.74. The Balaban J connectivity index is 1.94. The fourth-order valence-electron chi connectivity index (χ4n) is 2.61. The van der Waals surface area contributed by atoms with Gasteiger partial charge in [-0.15, -0.1) is 0 Å². The van der Waals surface area contributed by atoms with Crippen LogP contribution in [0, 0.1) is 0 Å². The lowest BCUT2D eigenvalue weighted by molar-refractivity contribution is 0.110. The smallest absolute Gasteiger partial charge is 0.0602 e. The first-order valence-corrected chi connectivity index (χ1v) is 6.39. The zero-order chi connectivity index (χ0) is 12.4. The Bertz CT molecular complexity index is 450. The van der Waals surface area contributed by atoms with E-state index < -0.39 is 0 Å². The van der Waals surface area contributed by atoms with Crippen LogP contribution in [0.1, 0.15) is 17.2 Å². The Hall–Kier alpha value is -1.64. The zero-order valence-electron chi connectivity index (χ0n) is 10.3. The van der Waals surface area contributed by atoms with Gasteiger partial charge in [0.1, 0.15) is 0 Å². The molecule has 91 valence electrons. The summed E-state index contributed by atoms with van der Waals surface area (Å²) in [6, 6.07) is 21.5. The first kappa shape index (κ1) is 11.5. The Labute approximate surface area is 108 Å². The molecular formula is C16H17N2. The van der Waals surface area contributed by atoms with E-state index in [4.69, 9.17) is 5.73 Å². The van der Waals surface area contributed by atoms with Crippen LogP contribution in [0.2, 0.25) is 0 Å². The van der Waals surface area contributed by atoms with Crippen LogP contribution >= 0.6 is 0 Å². The molecule has 2 nitrogen and oxygen atoms in total. The molecule has 1 aliphatic rings. The van der Waals surface area contributed by atoms with Gasteiger partial charge in [0.05, 0.1) is 6.04 Å². The summed E-state index contributed by atoms with van der Waals surface area (Å²) in [5.41, 5.74) is 10.4. The summed E-state index contributed by atoms with van der Waals surface area (Å²) in [7, 11) is 0. The molecule has 0 saturated carbocycles. The molecule has 1 fully saturated rings. The largest absolute Gasteiger partial charge is 0.289 e. The summed E-state index contributed by atoms with van der Waals surface area (Å²) in [6.45, 7) is 1.74. The van der Waals surface area contributed by atoms with Gasteiger partial charge in [0.25, 0.3) is 0 Å². The van der Waals surface area contributed by atoms with Crippen LogP contribution in [-0.4, -0.2) is 24.0 Å². The topological polar surface area (TPSA) is 27.0 Å². The Morgan fingerprint density at radius 1 is 0.833 bits per heavy atom. The van der Waals surface area contributed by atoms with Crippen molar-refractivity contribution in [1.29, 1.82) is 0 Å². The Morgan fingerprint density at radius 2 is 1.28 bits per heavy atom. The SMILES string of the molecule is [NH]C1CN(C(c2ccccc2)c2ccccc2)C1. The third-order valence-electron chi connectivity index (χ3n) is 3.51. The van der Waals surface area contributed by atoms with E-state index in [9.17, 15) is 0 Å². The van der Waals surface area contributed by atoms with E-state index >= 15 is 0 Å². The summed E-state index contributed by atoms with van der Waals surface area (Å²) in [5.74, 6) is 0. The van der Waals surface area contributed by atoms with Crippen LogP contribution in [-0.2, 0) is 0 Å². The number of nitrogens with zero attached hydrogens (tertiary/aromatic N) is 1. The van der Waals surface area contributed by atoms with E-state index in [0.29, 0.717) is 6.04 Å². The molecule has 1 radical (unpaired) electrons. The van der Waals surface area contributed by atoms with Gasteiger partial charge in [0.15, 0.2) is 0 Å². The van der Waals surface area contributed by atoms with Crippen molar-refractivity contribution in [1.82, 2.24) is 10.6 Å². The van der Waals surface area contributed by atoms with E-state index in [-0.39, 0.29) is 6.04 Å². The summed E-state index contributed by atoms with van der Waals surface area (Å²) in [5, 5.41) is 0. The van der Waals surface area contributed by atoms with Crippen LogP contribution < -0.4 is 5.73 Å². The van der Waals surface area contributed by atoms with Gasteiger partial charge in [-0.05, 0) is 11.1 Å². The minimum Gasteiger partial charge on any atom is -0.289 e. The monoisotopic (exact) mass is 237 g/mol. The molecule has 1 N–H and O–H groups in total. The van der Waals surface area contributed by atoms with Crippen molar-refractivity contribution < 1.29 is 0 Å². The number of rotatable bonds is 3. The maximum Gasteiger partial charge on any atom is 0.0602 e. The highest BCUT2D eigenvalue weighted by atomic mass is 15.2. The zero-order valence-corrected chi connectivity index (χ0v) is 10.3. The molecule has 1 aliphatic heterocycles. The molecule has 0 bridgehead atoms. The van der Waals surface area contributed by atoms with Gasteiger partial charge in [0.2, 0.25) is 0 Å². The highest BCUT2D eigenvalue weighted by Crippen LogP contribution is 2.31.